The molecule has 1 saturated heterocycles. The summed E-state index contributed by atoms with van der Waals surface area (Å²) in [5.74, 6) is -0.980. The van der Waals surface area contributed by atoms with Gasteiger partial charge in [0.15, 0.2) is 0 Å². The first-order valence-corrected chi connectivity index (χ1v) is 7.41. The van der Waals surface area contributed by atoms with Crippen molar-refractivity contribution in [2.24, 2.45) is 0 Å². The van der Waals surface area contributed by atoms with Gasteiger partial charge in [0.05, 0.1) is 5.56 Å². The number of carboxylic acid groups (broad SMARTS) is 1. The molecule has 0 radical (unpaired) electrons. The zero-order valence-electron chi connectivity index (χ0n) is 12.6. The third-order valence-corrected chi connectivity index (χ3v) is 4.12. The number of urea groups is 1. The van der Waals surface area contributed by atoms with Crippen LogP contribution in [0.3, 0.4) is 0 Å². The third-order valence-electron chi connectivity index (χ3n) is 4.12. The second kappa shape index (κ2) is 6.61. The maximum atomic E-state index is 12.4. The minimum Gasteiger partial charge on any atom is -0.478 e. The first-order chi connectivity index (χ1) is 10.0. The lowest BCUT2D eigenvalue weighted by Crippen LogP contribution is -2.41. The number of benzene rings is 1. The highest BCUT2D eigenvalue weighted by molar-refractivity contribution is 5.95. The molecule has 1 fully saturated rings. The van der Waals surface area contributed by atoms with Crippen LogP contribution in [0.4, 0.5) is 10.5 Å². The summed E-state index contributed by atoms with van der Waals surface area (Å²) in [6, 6.07) is 5.01. The van der Waals surface area contributed by atoms with Crippen molar-refractivity contribution in [3.05, 3.63) is 29.3 Å². The Kier molecular flexibility index (Phi) is 4.83. The largest absolute Gasteiger partial charge is 0.478 e. The van der Waals surface area contributed by atoms with Crippen LogP contribution in [-0.2, 0) is 0 Å². The molecule has 0 aliphatic carbocycles. The Hall–Kier alpha value is -2.04. The normalized spacial score (nSPS) is 19.0. The summed E-state index contributed by atoms with van der Waals surface area (Å²) in [5.41, 5.74) is 1.37. The monoisotopic (exact) mass is 290 g/mol. The maximum absolute atomic E-state index is 12.4. The predicted octanol–water partition coefficient (Wildman–Crippen LogP) is 3.49. The summed E-state index contributed by atoms with van der Waals surface area (Å²) in [5, 5.41) is 12.0. The van der Waals surface area contributed by atoms with Gasteiger partial charge in [-0.05, 0) is 44.4 Å². The summed E-state index contributed by atoms with van der Waals surface area (Å²) in [6.45, 7) is 4.53. The number of nitrogens with one attached hydrogen (secondary N) is 1. The molecule has 0 spiro atoms. The van der Waals surface area contributed by atoms with E-state index >= 15 is 0 Å². The van der Waals surface area contributed by atoms with E-state index < -0.39 is 5.97 Å². The molecule has 1 heterocycles. The number of carbonyl (C=O) groups is 2. The van der Waals surface area contributed by atoms with Gasteiger partial charge in [-0.3, -0.25) is 0 Å². The fourth-order valence-electron chi connectivity index (χ4n) is 2.77. The van der Waals surface area contributed by atoms with E-state index in [-0.39, 0.29) is 17.6 Å². The highest BCUT2D eigenvalue weighted by Crippen LogP contribution is 2.21. The molecule has 114 valence electrons. The fourth-order valence-corrected chi connectivity index (χ4v) is 2.77. The summed E-state index contributed by atoms with van der Waals surface area (Å²) < 4.78 is 0. The highest BCUT2D eigenvalue weighted by Gasteiger charge is 2.22. The van der Waals surface area contributed by atoms with E-state index in [1.165, 1.54) is 0 Å². The molecule has 5 heteroatoms. The van der Waals surface area contributed by atoms with E-state index in [1.807, 2.05) is 4.90 Å². The number of amides is 2. The van der Waals surface area contributed by atoms with Crippen molar-refractivity contribution in [1.82, 2.24) is 4.90 Å². The van der Waals surface area contributed by atoms with Gasteiger partial charge in [-0.1, -0.05) is 18.9 Å². The molecule has 1 aromatic rings. The van der Waals surface area contributed by atoms with Crippen molar-refractivity contribution >= 4 is 17.7 Å². The maximum Gasteiger partial charge on any atom is 0.336 e. The van der Waals surface area contributed by atoms with Crippen molar-refractivity contribution in [2.75, 3.05) is 11.9 Å². The Morgan fingerprint density at radius 1 is 1.29 bits per heavy atom. The van der Waals surface area contributed by atoms with Gasteiger partial charge < -0.3 is 15.3 Å². The van der Waals surface area contributed by atoms with Crippen LogP contribution in [0.1, 0.15) is 48.5 Å². The molecule has 0 aromatic heterocycles. The van der Waals surface area contributed by atoms with Crippen LogP contribution in [0.15, 0.2) is 18.2 Å². The lowest BCUT2D eigenvalue weighted by Gasteiger charge is -2.27. The van der Waals surface area contributed by atoms with E-state index in [4.69, 9.17) is 5.11 Å². The van der Waals surface area contributed by atoms with Crippen molar-refractivity contribution in [2.45, 2.75) is 45.6 Å². The SMILES string of the molecule is Cc1c(NC(=O)N2CCCCCC2C)cccc1C(=O)O. The molecular formula is C16H22N2O3. The Labute approximate surface area is 125 Å². The summed E-state index contributed by atoms with van der Waals surface area (Å²) in [6.07, 6.45) is 4.34. The average molecular weight is 290 g/mol. The van der Waals surface area contributed by atoms with Crippen LogP contribution in [0.5, 0.6) is 0 Å². The lowest BCUT2D eigenvalue weighted by molar-refractivity contribution is 0.0696. The number of anilines is 1. The number of likely N-dealkylation sites (tertiary alicyclic amines) is 1. The summed E-state index contributed by atoms with van der Waals surface area (Å²) in [4.78, 5) is 25.4. The molecule has 1 unspecified atom stereocenters. The van der Waals surface area contributed by atoms with E-state index in [2.05, 4.69) is 12.2 Å². The smallest absolute Gasteiger partial charge is 0.336 e. The lowest BCUT2D eigenvalue weighted by atomic mass is 10.1. The standard InChI is InChI=1S/C16H22N2O3/c1-11-7-4-3-5-10-18(11)16(21)17-14-9-6-8-13(12(14)2)15(19)20/h6,8-9,11H,3-5,7,10H2,1-2H3,(H,17,21)(H,19,20). The van der Waals surface area contributed by atoms with E-state index in [0.717, 1.165) is 32.2 Å². The molecule has 5 nitrogen and oxygen atoms in total. The zero-order valence-corrected chi connectivity index (χ0v) is 12.6. The second-order valence-corrected chi connectivity index (χ2v) is 5.61. The van der Waals surface area contributed by atoms with Gasteiger partial charge in [0.25, 0.3) is 0 Å². The Morgan fingerprint density at radius 3 is 2.76 bits per heavy atom. The van der Waals surface area contributed by atoms with Crippen LogP contribution in [0, 0.1) is 6.92 Å². The zero-order chi connectivity index (χ0) is 15.4. The van der Waals surface area contributed by atoms with Gasteiger partial charge in [0, 0.05) is 18.3 Å². The van der Waals surface area contributed by atoms with Crippen LogP contribution < -0.4 is 5.32 Å². The van der Waals surface area contributed by atoms with Gasteiger partial charge in [0.1, 0.15) is 0 Å². The molecule has 1 atom stereocenters. The summed E-state index contributed by atoms with van der Waals surface area (Å²) >= 11 is 0. The molecule has 2 amide bonds. The van der Waals surface area contributed by atoms with Crippen molar-refractivity contribution in [3.8, 4) is 0 Å². The molecular weight excluding hydrogens is 268 g/mol. The van der Waals surface area contributed by atoms with Gasteiger partial charge in [-0.25, -0.2) is 9.59 Å². The number of rotatable bonds is 2. The minimum absolute atomic E-state index is 0.143. The minimum atomic E-state index is -0.980. The van der Waals surface area contributed by atoms with Crippen molar-refractivity contribution in [3.63, 3.8) is 0 Å². The Bertz CT molecular complexity index is 542. The van der Waals surface area contributed by atoms with E-state index in [1.54, 1.807) is 25.1 Å². The van der Waals surface area contributed by atoms with Gasteiger partial charge in [0.2, 0.25) is 0 Å². The van der Waals surface area contributed by atoms with E-state index in [0.29, 0.717) is 11.3 Å². The van der Waals surface area contributed by atoms with Crippen LogP contribution in [0.25, 0.3) is 0 Å². The van der Waals surface area contributed by atoms with Gasteiger partial charge in [-0.2, -0.15) is 0 Å². The molecule has 1 aliphatic heterocycles. The van der Waals surface area contributed by atoms with Gasteiger partial charge >= 0.3 is 12.0 Å². The third kappa shape index (κ3) is 3.54. The Morgan fingerprint density at radius 2 is 2.05 bits per heavy atom. The van der Waals surface area contributed by atoms with Crippen LogP contribution >= 0.6 is 0 Å². The summed E-state index contributed by atoms with van der Waals surface area (Å²) in [7, 11) is 0. The van der Waals surface area contributed by atoms with Crippen LogP contribution in [-0.4, -0.2) is 34.6 Å². The van der Waals surface area contributed by atoms with Gasteiger partial charge in [-0.15, -0.1) is 0 Å². The fraction of sp³-hybridized carbons (Fsp3) is 0.500. The topological polar surface area (TPSA) is 69.6 Å². The predicted molar refractivity (Wildman–Crippen MR) is 81.8 cm³/mol. The highest BCUT2D eigenvalue weighted by atomic mass is 16.4. The van der Waals surface area contributed by atoms with Crippen LogP contribution in [0.2, 0.25) is 0 Å². The molecule has 0 saturated carbocycles. The molecule has 2 rings (SSSR count). The quantitative estimate of drug-likeness (QED) is 0.876. The number of hydrogen-bond acceptors (Lipinski definition) is 2. The van der Waals surface area contributed by atoms with E-state index in [9.17, 15) is 9.59 Å². The number of nitrogens with zero attached hydrogens (tertiary/aromatic N) is 1. The van der Waals surface area contributed by atoms with Crippen molar-refractivity contribution in [1.29, 1.82) is 0 Å². The number of hydrogen-bond donors (Lipinski definition) is 2. The Balaban J connectivity index is 2.15. The second-order valence-electron chi connectivity index (χ2n) is 5.61. The molecule has 21 heavy (non-hydrogen) atoms. The first kappa shape index (κ1) is 15.4. The number of carbonyl (C=O) groups excluding carboxylic acids is 1. The number of carboxylic acids is 1. The molecule has 1 aromatic carbocycles. The average Bonchev–Trinajstić information content (AvgIpc) is 2.65. The molecule has 1 aliphatic rings. The van der Waals surface area contributed by atoms with Crippen molar-refractivity contribution < 1.29 is 14.7 Å². The first-order valence-electron chi connectivity index (χ1n) is 7.41. The molecule has 2 N–H and O–H groups in total. The molecule has 0 bridgehead atoms. The number of aromatic carboxylic acids is 1.